The highest BCUT2D eigenvalue weighted by Crippen LogP contribution is 2.56. The summed E-state index contributed by atoms with van der Waals surface area (Å²) < 4.78 is 0. The lowest BCUT2D eigenvalue weighted by Gasteiger charge is -2.34. The van der Waals surface area contributed by atoms with Gasteiger partial charge in [-0.05, 0) is 99.3 Å². The number of rotatable bonds is 8. The first kappa shape index (κ1) is 36.9. The van der Waals surface area contributed by atoms with Gasteiger partial charge < -0.3 is 0 Å². The van der Waals surface area contributed by atoms with Crippen molar-refractivity contribution in [3.05, 3.63) is 257 Å². The van der Waals surface area contributed by atoms with Crippen molar-refractivity contribution in [2.75, 3.05) is 0 Å². The molecule has 0 heterocycles. The van der Waals surface area contributed by atoms with E-state index in [1.165, 1.54) is 27.8 Å². The summed E-state index contributed by atoms with van der Waals surface area (Å²) in [6.07, 6.45) is 2.06. The van der Waals surface area contributed by atoms with Gasteiger partial charge >= 0.3 is 0 Å². The second-order valence-electron chi connectivity index (χ2n) is 14.8. The van der Waals surface area contributed by atoms with Crippen LogP contribution in [0.3, 0.4) is 0 Å². The molecule has 0 fully saturated rings. The second kappa shape index (κ2) is 16.1. The summed E-state index contributed by atoms with van der Waals surface area (Å²) in [4.78, 5) is 10.4. The van der Waals surface area contributed by atoms with Crippen LogP contribution in [0.1, 0.15) is 58.4 Å². The molecule has 0 bridgehead atoms. The average Bonchev–Trinajstić information content (AvgIpc) is 3.61. The van der Waals surface area contributed by atoms with Gasteiger partial charge in [-0.3, -0.25) is 0 Å². The lowest BCUT2D eigenvalue weighted by molar-refractivity contribution is 0.768. The number of nitrogens with zero attached hydrogens (tertiary/aromatic N) is 3. The molecule has 9 rings (SSSR count). The number of nitriles is 1. The van der Waals surface area contributed by atoms with E-state index in [0.29, 0.717) is 11.4 Å². The Labute approximate surface area is 346 Å². The van der Waals surface area contributed by atoms with Crippen LogP contribution in [0.25, 0.3) is 39.1 Å². The van der Waals surface area contributed by atoms with E-state index in [9.17, 15) is 5.26 Å². The fourth-order valence-electron chi connectivity index (χ4n) is 8.51. The Morgan fingerprint density at radius 2 is 1.03 bits per heavy atom. The molecule has 1 aliphatic rings. The molecule has 8 aromatic carbocycles. The van der Waals surface area contributed by atoms with E-state index < -0.39 is 5.41 Å². The predicted molar refractivity (Wildman–Crippen MR) is 245 cm³/mol. The van der Waals surface area contributed by atoms with Crippen LogP contribution in [0.15, 0.2) is 222 Å². The maximum Gasteiger partial charge on any atom is 0.160 e. The molecule has 3 heteroatoms. The first-order valence-corrected chi connectivity index (χ1v) is 20.0. The SMILES string of the molecule is C/C=C(\N=C(N=C(C)c1ccc(-c2ccccc2)cc1)c1ccccc1)c1cccc(-c2ccc3c(c2)-c2ccc(C#N)cc2C3(c2ccccc2)c2ccccc2)c1. The van der Waals surface area contributed by atoms with E-state index in [0.717, 1.165) is 55.9 Å². The molecule has 0 aliphatic heterocycles. The van der Waals surface area contributed by atoms with Crippen molar-refractivity contribution < 1.29 is 0 Å². The van der Waals surface area contributed by atoms with Crippen molar-refractivity contribution in [2.45, 2.75) is 19.3 Å². The third-order valence-electron chi connectivity index (χ3n) is 11.4. The van der Waals surface area contributed by atoms with Crippen molar-refractivity contribution in [3.8, 4) is 39.4 Å². The molecule has 0 spiro atoms. The van der Waals surface area contributed by atoms with Crippen LogP contribution in [-0.2, 0) is 5.41 Å². The van der Waals surface area contributed by atoms with Crippen LogP contribution in [0.2, 0.25) is 0 Å². The quantitative estimate of drug-likeness (QED) is 0.113. The Balaban J connectivity index is 1.12. The Bertz CT molecular complexity index is 2880. The molecule has 0 saturated carbocycles. The van der Waals surface area contributed by atoms with Crippen molar-refractivity contribution >= 4 is 17.2 Å². The van der Waals surface area contributed by atoms with Gasteiger partial charge in [0.2, 0.25) is 0 Å². The number of hydrogen-bond acceptors (Lipinski definition) is 2. The van der Waals surface area contributed by atoms with E-state index in [2.05, 4.69) is 188 Å². The number of aliphatic imine (C=N–C) groups is 2. The summed E-state index contributed by atoms with van der Waals surface area (Å²) in [5.41, 5.74) is 16.3. The topological polar surface area (TPSA) is 48.5 Å². The minimum atomic E-state index is -0.580. The highest BCUT2D eigenvalue weighted by atomic mass is 14.9. The zero-order valence-electron chi connectivity index (χ0n) is 33.0. The first-order chi connectivity index (χ1) is 29.1. The molecular formula is C56H41N3. The lowest BCUT2D eigenvalue weighted by atomic mass is 9.67. The minimum Gasteiger partial charge on any atom is -0.233 e. The molecule has 0 saturated heterocycles. The van der Waals surface area contributed by atoms with E-state index in [1.54, 1.807) is 0 Å². The van der Waals surface area contributed by atoms with Crippen LogP contribution in [0.4, 0.5) is 0 Å². The van der Waals surface area contributed by atoms with Crippen LogP contribution in [-0.4, -0.2) is 11.5 Å². The fourth-order valence-corrected chi connectivity index (χ4v) is 8.51. The summed E-state index contributed by atoms with van der Waals surface area (Å²) in [5, 5.41) is 10.1. The smallest absolute Gasteiger partial charge is 0.160 e. The standard InChI is InChI=1S/C56H41N3/c1-3-54(59-55(44-19-10-5-11-20-44)58-39(2)41-28-30-43(31-29-41)42-17-8-4-9-18-42)47-22-16-21-45(36-47)46-32-34-52-51(37-46)50-33-27-40(38-57)35-53(50)56(52,48-23-12-6-13-24-48)49-25-14-7-15-26-49/h3-37H,1-2H3/b54-3-,58-39?,59-55?. The van der Waals surface area contributed by atoms with Gasteiger partial charge in [0.05, 0.1) is 22.7 Å². The number of fused-ring (bicyclic) bond motifs is 3. The lowest BCUT2D eigenvalue weighted by Crippen LogP contribution is -2.28. The van der Waals surface area contributed by atoms with Crippen LogP contribution in [0.5, 0.6) is 0 Å². The first-order valence-electron chi connectivity index (χ1n) is 20.0. The maximum absolute atomic E-state index is 10.1. The number of amidine groups is 1. The molecule has 0 aromatic heterocycles. The Kier molecular flexibility index (Phi) is 10.1. The Morgan fingerprint density at radius 1 is 0.475 bits per heavy atom. The average molecular weight is 756 g/mol. The highest BCUT2D eigenvalue weighted by molar-refractivity contribution is 6.12. The van der Waals surface area contributed by atoms with Crippen molar-refractivity contribution in [1.82, 2.24) is 0 Å². The van der Waals surface area contributed by atoms with E-state index in [-0.39, 0.29) is 0 Å². The van der Waals surface area contributed by atoms with Gasteiger partial charge in [0.15, 0.2) is 5.84 Å². The van der Waals surface area contributed by atoms with E-state index >= 15 is 0 Å². The van der Waals surface area contributed by atoms with Gasteiger partial charge in [0, 0.05) is 16.8 Å². The summed E-state index contributed by atoms with van der Waals surface area (Å²) in [7, 11) is 0. The Morgan fingerprint density at radius 3 is 1.68 bits per heavy atom. The van der Waals surface area contributed by atoms with Crippen LogP contribution >= 0.6 is 0 Å². The normalized spacial score (nSPS) is 13.3. The minimum absolute atomic E-state index is 0.580. The molecular weight excluding hydrogens is 715 g/mol. The molecule has 0 N–H and O–H groups in total. The van der Waals surface area contributed by atoms with Crippen molar-refractivity contribution in [3.63, 3.8) is 0 Å². The van der Waals surface area contributed by atoms with Gasteiger partial charge in [0.25, 0.3) is 0 Å². The van der Waals surface area contributed by atoms with Crippen LogP contribution in [0, 0.1) is 11.3 Å². The molecule has 1 aliphatic carbocycles. The highest BCUT2D eigenvalue weighted by Gasteiger charge is 2.46. The van der Waals surface area contributed by atoms with E-state index in [1.807, 2.05) is 44.2 Å². The summed E-state index contributed by atoms with van der Waals surface area (Å²) >= 11 is 0. The van der Waals surface area contributed by atoms with Crippen molar-refractivity contribution in [2.24, 2.45) is 9.98 Å². The molecule has 0 amide bonds. The zero-order chi connectivity index (χ0) is 40.2. The molecule has 0 atom stereocenters. The maximum atomic E-state index is 10.1. The predicted octanol–water partition coefficient (Wildman–Crippen LogP) is 13.6. The summed E-state index contributed by atoms with van der Waals surface area (Å²) in [6, 6.07) is 74.5. The molecule has 59 heavy (non-hydrogen) atoms. The van der Waals surface area contributed by atoms with Crippen molar-refractivity contribution in [1.29, 1.82) is 5.26 Å². The zero-order valence-corrected chi connectivity index (χ0v) is 33.0. The number of hydrogen-bond donors (Lipinski definition) is 0. The third-order valence-corrected chi connectivity index (χ3v) is 11.4. The summed E-state index contributed by atoms with van der Waals surface area (Å²) in [5.74, 6) is 0.651. The fraction of sp³-hybridized carbons (Fsp3) is 0.0536. The second-order valence-corrected chi connectivity index (χ2v) is 14.8. The molecule has 3 nitrogen and oxygen atoms in total. The van der Waals surface area contributed by atoms with Crippen LogP contribution < -0.4 is 0 Å². The van der Waals surface area contributed by atoms with Gasteiger partial charge in [-0.2, -0.15) is 5.26 Å². The van der Waals surface area contributed by atoms with Gasteiger partial charge in [0.1, 0.15) is 0 Å². The summed E-state index contributed by atoms with van der Waals surface area (Å²) in [6.45, 7) is 4.07. The van der Waals surface area contributed by atoms with Gasteiger partial charge in [-0.25, -0.2) is 9.98 Å². The molecule has 8 aromatic rings. The number of allylic oxidation sites excluding steroid dienone is 1. The Hall–Kier alpha value is -7.67. The molecule has 280 valence electrons. The largest absolute Gasteiger partial charge is 0.233 e. The third kappa shape index (κ3) is 6.92. The molecule has 0 radical (unpaired) electrons. The molecule has 0 unspecified atom stereocenters. The number of benzene rings is 8. The monoisotopic (exact) mass is 755 g/mol. The van der Waals surface area contributed by atoms with Gasteiger partial charge in [-0.15, -0.1) is 0 Å². The van der Waals surface area contributed by atoms with E-state index in [4.69, 9.17) is 9.98 Å². The van der Waals surface area contributed by atoms with Gasteiger partial charge in [-0.1, -0.05) is 188 Å².